The van der Waals surface area contributed by atoms with Crippen molar-refractivity contribution >= 4 is 48.5 Å². The van der Waals surface area contributed by atoms with E-state index < -0.39 is 0 Å². The van der Waals surface area contributed by atoms with Crippen LogP contribution in [0, 0.1) is 0 Å². The molecule has 0 aliphatic carbocycles. The zero-order chi connectivity index (χ0) is 16.8. The molecule has 3 rings (SSSR count). The summed E-state index contributed by atoms with van der Waals surface area (Å²) < 4.78 is 1.11. The Bertz CT molecular complexity index is 865. The number of thiophene rings is 1. The number of carbonyl (C=O) groups is 1. The van der Waals surface area contributed by atoms with Gasteiger partial charge in [0.05, 0.1) is 10.4 Å². The van der Waals surface area contributed by atoms with E-state index in [2.05, 4.69) is 15.5 Å². The number of rotatable bonds is 5. The summed E-state index contributed by atoms with van der Waals surface area (Å²) in [6.07, 6.45) is 3.39. The monoisotopic (exact) mass is 349 g/mol. The number of amides is 1. The van der Waals surface area contributed by atoms with Crippen molar-refractivity contribution in [3.63, 3.8) is 0 Å². The second-order valence-electron chi connectivity index (χ2n) is 4.75. The van der Waals surface area contributed by atoms with Crippen molar-refractivity contribution < 1.29 is 4.79 Å². The fraction of sp³-hybridized carbons (Fsp3) is 0. The van der Waals surface area contributed by atoms with Crippen LogP contribution in [0.2, 0.25) is 0 Å². The second-order valence-corrected chi connectivity index (χ2v) is 7.19. The number of pyridine rings is 1. The zero-order valence-electron chi connectivity index (χ0n) is 12.5. The quantitative estimate of drug-likeness (QED) is 0.438. The Morgan fingerprint density at radius 1 is 1.21 bits per heavy atom. The zero-order valence-corrected chi connectivity index (χ0v) is 14.2. The van der Waals surface area contributed by atoms with Crippen molar-refractivity contribution in [3.8, 4) is 0 Å². The lowest BCUT2D eigenvalue weighted by molar-refractivity contribution is 0.0955. The molecule has 0 spiro atoms. The number of hydrazone groups is 1. The van der Waals surface area contributed by atoms with Gasteiger partial charge in [-0.25, -0.2) is 10.4 Å². The van der Waals surface area contributed by atoms with Crippen LogP contribution in [-0.4, -0.2) is 25.0 Å². The van der Waals surface area contributed by atoms with Gasteiger partial charge in [-0.1, -0.05) is 41.5 Å². The van der Waals surface area contributed by atoms with Crippen molar-refractivity contribution in [3.05, 3.63) is 71.2 Å². The maximum Gasteiger partial charge on any atom is 0.271 e. The van der Waals surface area contributed by atoms with E-state index >= 15 is 0 Å². The average Bonchev–Trinajstić information content (AvgIpc) is 3.03. The van der Waals surface area contributed by atoms with E-state index in [0.29, 0.717) is 11.0 Å². The lowest BCUT2D eigenvalue weighted by Gasteiger charge is -2.00. The Kier molecular flexibility index (Phi) is 5.45. The van der Waals surface area contributed by atoms with E-state index in [4.69, 9.17) is 7.85 Å². The third-order valence-electron chi connectivity index (χ3n) is 2.95. The van der Waals surface area contributed by atoms with Gasteiger partial charge >= 0.3 is 0 Å². The van der Waals surface area contributed by atoms with Gasteiger partial charge in [0.25, 0.3) is 5.91 Å². The Hall–Kier alpha value is -2.38. The first-order chi connectivity index (χ1) is 11.7. The Morgan fingerprint density at radius 2 is 2.12 bits per heavy atom. The minimum Gasteiger partial charge on any atom is -0.267 e. The molecule has 0 aliphatic heterocycles. The lowest BCUT2D eigenvalue weighted by Crippen LogP contribution is -2.19. The van der Waals surface area contributed by atoms with Crippen LogP contribution in [-0.2, 0) is 0 Å². The Morgan fingerprint density at radius 3 is 2.92 bits per heavy atom. The van der Waals surface area contributed by atoms with Crippen LogP contribution in [0.4, 0.5) is 0 Å². The number of hydrogen-bond acceptors (Lipinski definition) is 5. The molecule has 0 atom stereocenters. The SMILES string of the molecule is [B]c1cccc(C(=O)N/N=C/c2ccc(Sc3ccccn3)s2)c1. The fourth-order valence-electron chi connectivity index (χ4n) is 1.87. The molecule has 4 nitrogen and oxygen atoms in total. The Labute approximate surface area is 149 Å². The minimum absolute atomic E-state index is 0.293. The standard InChI is InChI=1S/C17H12BN3OS2/c18-13-5-3-4-12(10-13)17(22)21-20-11-14-7-8-16(23-14)24-15-6-1-2-9-19-15/h1-11H,(H,21,22)/b20-11+. The van der Waals surface area contributed by atoms with E-state index in [9.17, 15) is 4.79 Å². The highest BCUT2D eigenvalue weighted by atomic mass is 32.2. The molecule has 0 bridgehead atoms. The molecule has 1 N–H and O–H groups in total. The third kappa shape index (κ3) is 4.56. The molecular formula is C17H12BN3OS2. The van der Waals surface area contributed by atoms with E-state index in [1.165, 1.54) is 0 Å². The molecule has 2 radical (unpaired) electrons. The summed E-state index contributed by atoms with van der Waals surface area (Å²) in [7, 11) is 5.66. The van der Waals surface area contributed by atoms with Crippen LogP contribution in [0.15, 0.2) is 75.1 Å². The highest BCUT2D eigenvalue weighted by Gasteiger charge is 2.04. The number of carbonyl (C=O) groups excluding carboxylic acids is 1. The molecule has 0 saturated heterocycles. The first-order valence-electron chi connectivity index (χ1n) is 7.08. The molecule has 24 heavy (non-hydrogen) atoms. The summed E-state index contributed by atoms with van der Waals surface area (Å²) >= 11 is 3.17. The molecule has 7 heteroatoms. The number of aromatic nitrogens is 1. The van der Waals surface area contributed by atoms with Crippen LogP contribution in [0.25, 0.3) is 0 Å². The van der Waals surface area contributed by atoms with Gasteiger partial charge in [0.15, 0.2) is 0 Å². The molecule has 3 aromatic rings. The largest absolute Gasteiger partial charge is 0.271 e. The van der Waals surface area contributed by atoms with Crippen LogP contribution in [0.5, 0.6) is 0 Å². The van der Waals surface area contributed by atoms with Gasteiger partial charge in [0, 0.05) is 16.6 Å². The molecule has 116 valence electrons. The van der Waals surface area contributed by atoms with Crippen molar-refractivity contribution in [2.24, 2.45) is 5.10 Å². The van der Waals surface area contributed by atoms with Gasteiger partial charge in [-0.2, -0.15) is 5.10 Å². The van der Waals surface area contributed by atoms with Crippen molar-refractivity contribution in [1.82, 2.24) is 10.4 Å². The molecule has 0 aliphatic rings. The highest BCUT2D eigenvalue weighted by Crippen LogP contribution is 2.31. The normalized spacial score (nSPS) is 10.8. The van der Waals surface area contributed by atoms with Gasteiger partial charge in [0.1, 0.15) is 12.9 Å². The molecule has 0 saturated carbocycles. The van der Waals surface area contributed by atoms with Crippen LogP contribution >= 0.6 is 23.1 Å². The summed E-state index contributed by atoms with van der Waals surface area (Å²) in [5.74, 6) is -0.293. The number of nitrogens with one attached hydrogen (secondary N) is 1. The van der Waals surface area contributed by atoms with Crippen molar-refractivity contribution in [1.29, 1.82) is 0 Å². The highest BCUT2D eigenvalue weighted by molar-refractivity contribution is 8.01. The first-order valence-corrected chi connectivity index (χ1v) is 8.72. The van der Waals surface area contributed by atoms with E-state index in [0.717, 1.165) is 14.1 Å². The maximum atomic E-state index is 11.9. The van der Waals surface area contributed by atoms with Gasteiger partial charge in [-0.15, -0.1) is 11.3 Å². The van der Waals surface area contributed by atoms with Gasteiger partial charge < -0.3 is 0 Å². The molecule has 2 aromatic heterocycles. The number of hydrogen-bond donors (Lipinski definition) is 1. The summed E-state index contributed by atoms with van der Waals surface area (Å²) in [6.45, 7) is 0. The van der Waals surface area contributed by atoms with Crippen molar-refractivity contribution in [2.45, 2.75) is 9.24 Å². The average molecular weight is 349 g/mol. The molecule has 0 fully saturated rings. The second kappa shape index (κ2) is 7.94. The van der Waals surface area contributed by atoms with Crippen LogP contribution in [0.1, 0.15) is 15.2 Å². The molecule has 1 amide bonds. The third-order valence-corrected chi connectivity index (χ3v) is 5.05. The van der Waals surface area contributed by atoms with E-state index in [-0.39, 0.29) is 5.91 Å². The summed E-state index contributed by atoms with van der Waals surface area (Å²) in [5.41, 5.74) is 3.52. The van der Waals surface area contributed by atoms with Gasteiger partial charge in [-0.05, 0) is 30.3 Å². The van der Waals surface area contributed by atoms with Crippen molar-refractivity contribution in [2.75, 3.05) is 0 Å². The molecule has 0 unspecified atom stereocenters. The number of benzene rings is 1. The predicted octanol–water partition coefficient (Wildman–Crippen LogP) is 2.85. The summed E-state index contributed by atoms with van der Waals surface area (Å²) in [5, 5.41) is 4.93. The fourth-order valence-corrected chi connectivity index (χ4v) is 3.79. The van der Waals surface area contributed by atoms with Gasteiger partial charge in [-0.3, -0.25) is 4.79 Å². The predicted molar refractivity (Wildman–Crippen MR) is 99.6 cm³/mol. The summed E-state index contributed by atoms with van der Waals surface area (Å²) in [4.78, 5) is 17.2. The van der Waals surface area contributed by atoms with Gasteiger partial charge in [0.2, 0.25) is 0 Å². The van der Waals surface area contributed by atoms with E-state index in [1.807, 2.05) is 30.3 Å². The molecule has 1 aromatic carbocycles. The lowest BCUT2D eigenvalue weighted by atomic mass is 9.94. The maximum absolute atomic E-state index is 11.9. The van der Waals surface area contributed by atoms with Crippen LogP contribution < -0.4 is 10.9 Å². The summed E-state index contributed by atoms with van der Waals surface area (Å²) in [6, 6.07) is 16.5. The Balaban J connectivity index is 1.58. The smallest absolute Gasteiger partial charge is 0.267 e. The van der Waals surface area contributed by atoms with E-state index in [1.54, 1.807) is 59.8 Å². The molecule has 2 heterocycles. The minimum atomic E-state index is -0.293. The first kappa shape index (κ1) is 16.5. The topological polar surface area (TPSA) is 54.4 Å². The number of nitrogens with zero attached hydrogens (tertiary/aromatic N) is 2. The molecular weight excluding hydrogens is 337 g/mol. The van der Waals surface area contributed by atoms with Crippen LogP contribution in [0.3, 0.4) is 0 Å².